The number of hydrogen-bond acceptors (Lipinski definition) is 3. The molecule has 0 aliphatic heterocycles. The van der Waals surface area contributed by atoms with Crippen molar-refractivity contribution in [1.82, 2.24) is 4.98 Å². The molecule has 0 bridgehead atoms. The summed E-state index contributed by atoms with van der Waals surface area (Å²) in [6.45, 7) is -0.553. The molecule has 0 saturated heterocycles. The van der Waals surface area contributed by atoms with Gasteiger partial charge in [0.2, 0.25) is 0 Å². The second-order valence-electron chi connectivity index (χ2n) is 3.22. The predicted octanol–water partition coefficient (Wildman–Crippen LogP) is 3.11. The van der Waals surface area contributed by atoms with E-state index in [0.717, 1.165) is 16.0 Å². The molecule has 0 aromatic carbocycles. The molecule has 0 spiro atoms. The number of pyridine rings is 1. The fourth-order valence-corrected chi connectivity index (χ4v) is 2.18. The van der Waals surface area contributed by atoms with E-state index in [1.807, 2.05) is 23.6 Å². The molecule has 2 rings (SSSR count). The molecule has 0 aliphatic rings. The predicted molar refractivity (Wildman–Crippen MR) is 63.7 cm³/mol. The highest BCUT2D eigenvalue weighted by molar-refractivity contribution is 7.11. The Morgan fingerprint density at radius 3 is 2.81 bits per heavy atom. The number of nitrogens with zero attached hydrogens (tertiary/aromatic N) is 1. The Morgan fingerprint density at radius 1 is 1.38 bits per heavy atom. The standard InChI is InChI=1S/C12H10FNOS/c13-11(7-15)6-12-5-10(8-16-12)9-1-3-14-4-2-9/h1-6,8,15H,7H2/b11-6-. The van der Waals surface area contributed by atoms with Gasteiger partial charge in [0, 0.05) is 17.3 Å². The van der Waals surface area contributed by atoms with E-state index in [0.29, 0.717) is 0 Å². The van der Waals surface area contributed by atoms with E-state index < -0.39 is 12.4 Å². The molecule has 0 fully saturated rings. The summed E-state index contributed by atoms with van der Waals surface area (Å²) in [5.74, 6) is -0.525. The highest BCUT2D eigenvalue weighted by atomic mass is 32.1. The third-order valence-electron chi connectivity index (χ3n) is 2.08. The van der Waals surface area contributed by atoms with Crippen molar-refractivity contribution in [3.05, 3.63) is 46.7 Å². The molecule has 2 aromatic heterocycles. The number of rotatable bonds is 3. The summed E-state index contributed by atoms with van der Waals surface area (Å²) < 4.78 is 12.8. The zero-order chi connectivity index (χ0) is 11.4. The highest BCUT2D eigenvalue weighted by Crippen LogP contribution is 2.26. The normalized spacial score (nSPS) is 11.8. The van der Waals surface area contributed by atoms with Crippen LogP contribution in [0.25, 0.3) is 17.2 Å². The van der Waals surface area contributed by atoms with Gasteiger partial charge < -0.3 is 5.11 Å². The van der Waals surface area contributed by atoms with Gasteiger partial charge in [-0.15, -0.1) is 11.3 Å². The minimum atomic E-state index is -0.553. The Hall–Kier alpha value is -1.52. The molecule has 16 heavy (non-hydrogen) atoms. The molecule has 2 heterocycles. The Kier molecular flexibility index (Phi) is 3.44. The molecule has 82 valence electrons. The maximum absolute atomic E-state index is 12.8. The van der Waals surface area contributed by atoms with Crippen molar-refractivity contribution in [2.45, 2.75) is 0 Å². The highest BCUT2D eigenvalue weighted by Gasteiger charge is 2.01. The summed E-state index contributed by atoms with van der Waals surface area (Å²) in [6.07, 6.45) is 4.78. The van der Waals surface area contributed by atoms with Crippen molar-refractivity contribution in [3.63, 3.8) is 0 Å². The summed E-state index contributed by atoms with van der Waals surface area (Å²) in [4.78, 5) is 4.73. The van der Waals surface area contributed by atoms with E-state index >= 15 is 0 Å². The van der Waals surface area contributed by atoms with Crippen molar-refractivity contribution < 1.29 is 9.50 Å². The van der Waals surface area contributed by atoms with Crippen molar-refractivity contribution in [1.29, 1.82) is 0 Å². The number of aromatic nitrogens is 1. The number of hydrogen-bond donors (Lipinski definition) is 1. The monoisotopic (exact) mass is 235 g/mol. The fourth-order valence-electron chi connectivity index (χ4n) is 1.32. The van der Waals surface area contributed by atoms with Crippen LogP contribution in [0, 0.1) is 0 Å². The molecule has 0 aliphatic carbocycles. The van der Waals surface area contributed by atoms with Gasteiger partial charge in [0.05, 0.1) is 6.61 Å². The van der Waals surface area contributed by atoms with Crippen LogP contribution in [0.3, 0.4) is 0 Å². The van der Waals surface area contributed by atoms with E-state index in [1.165, 1.54) is 17.4 Å². The average molecular weight is 235 g/mol. The van der Waals surface area contributed by atoms with Crippen molar-refractivity contribution in [2.75, 3.05) is 6.61 Å². The van der Waals surface area contributed by atoms with Crippen molar-refractivity contribution in [3.8, 4) is 11.1 Å². The first-order chi connectivity index (χ1) is 7.79. The molecule has 0 saturated carbocycles. The first-order valence-electron chi connectivity index (χ1n) is 4.75. The lowest BCUT2D eigenvalue weighted by Gasteiger charge is -1.94. The van der Waals surface area contributed by atoms with Crippen LogP contribution in [0.1, 0.15) is 4.88 Å². The van der Waals surface area contributed by atoms with Crippen LogP contribution in [0.15, 0.2) is 41.8 Å². The van der Waals surface area contributed by atoms with Crippen LogP contribution >= 0.6 is 11.3 Å². The second kappa shape index (κ2) is 5.01. The number of aliphatic hydroxyl groups is 1. The maximum Gasteiger partial charge on any atom is 0.127 e. The minimum absolute atomic E-state index is 0.525. The number of halogens is 1. The summed E-state index contributed by atoms with van der Waals surface area (Å²) in [6, 6.07) is 5.69. The van der Waals surface area contributed by atoms with Gasteiger partial charge in [0.25, 0.3) is 0 Å². The quantitative estimate of drug-likeness (QED) is 0.886. The average Bonchev–Trinajstić information content (AvgIpc) is 2.78. The molecular weight excluding hydrogens is 225 g/mol. The minimum Gasteiger partial charge on any atom is -0.389 e. The molecule has 0 unspecified atom stereocenters. The number of aliphatic hydroxyl groups excluding tert-OH is 1. The largest absolute Gasteiger partial charge is 0.389 e. The van der Waals surface area contributed by atoms with Crippen LogP contribution in [0.4, 0.5) is 4.39 Å². The van der Waals surface area contributed by atoms with Gasteiger partial charge in [0.1, 0.15) is 5.83 Å². The molecule has 2 nitrogen and oxygen atoms in total. The summed E-state index contributed by atoms with van der Waals surface area (Å²) >= 11 is 1.44. The Morgan fingerprint density at radius 2 is 2.12 bits per heavy atom. The van der Waals surface area contributed by atoms with Gasteiger partial charge in [-0.1, -0.05) is 0 Å². The smallest absolute Gasteiger partial charge is 0.127 e. The van der Waals surface area contributed by atoms with Crippen LogP contribution in [0.2, 0.25) is 0 Å². The van der Waals surface area contributed by atoms with Gasteiger partial charge in [0.15, 0.2) is 0 Å². The lowest BCUT2D eigenvalue weighted by molar-refractivity contribution is 0.300. The summed E-state index contributed by atoms with van der Waals surface area (Å²) in [7, 11) is 0. The van der Waals surface area contributed by atoms with Gasteiger partial charge in [-0.3, -0.25) is 4.98 Å². The van der Waals surface area contributed by atoms with E-state index in [4.69, 9.17) is 5.11 Å². The third kappa shape index (κ3) is 2.53. The first-order valence-corrected chi connectivity index (χ1v) is 5.63. The zero-order valence-electron chi connectivity index (χ0n) is 8.43. The second-order valence-corrected chi connectivity index (χ2v) is 4.17. The topological polar surface area (TPSA) is 33.1 Å². The third-order valence-corrected chi connectivity index (χ3v) is 2.96. The van der Waals surface area contributed by atoms with Gasteiger partial charge in [-0.2, -0.15) is 0 Å². The van der Waals surface area contributed by atoms with E-state index in [-0.39, 0.29) is 0 Å². The zero-order valence-corrected chi connectivity index (χ0v) is 9.25. The Balaban J connectivity index is 2.27. The van der Waals surface area contributed by atoms with E-state index in [2.05, 4.69) is 4.98 Å². The molecular formula is C12H10FNOS. The summed E-state index contributed by atoms with van der Waals surface area (Å²) in [5, 5.41) is 10.5. The van der Waals surface area contributed by atoms with E-state index in [9.17, 15) is 4.39 Å². The van der Waals surface area contributed by atoms with Gasteiger partial charge in [-0.25, -0.2) is 4.39 Å². The van der Waals surface area contributed by atoms with Gasteiger partial charge >= 0.3 is 0 Å². The fraction of sp³-hybridized carbons (Fsp3) is 0.0833. The van der Waals surface area contributed by atoms with Crippen LogP contribution in [-0.2, 0) is 0 Å². The molecule has 2 aromatic rings. The van der Waals surface area contributed by atoms with Crippen LogP contribution in [0.5, 0.6) is 0 Å². The maximum atomic E-state index is 12.8. The summed E-state index contributed by atoms with van der Waals surface area (Å²) in [5.41, 5.74) is 2.08. The molecule has 4 heteroatoms. The molecule has 0 radical (unpaired) electrons. The number of thiophene rings is 1. The lowest BCUT2D eigenvalue weighted by atomic mass is 10.1. The Labute approximate surface area is 96.7 Å². The molecule has 1 N–H and O–H groups in total. The van der Waals surface area contributed by atoms with E-state index in [1.54, 1.807) is 12.4 Å². The lowest BCUT2D eigenvalue weighted by Crippen LogP contribution is -1.79. The van der Waals surface area contributed by atoms with Crippen molar-refractivity contribution >= 4 is 17.4 Å². The van der Waals surface area contributed by atoms with Crippen LogP contribution in [-0.4, -0.2) is 16.7 Å². The molecule has 0 atom stereocenters. The molecule has 0 amide bonds. The Bertz CT molecular complexity index is 493. The SMILES string of the molecule is OC/C(F)=C/c1cc(-c2ccncc2)cs1. The van der Waals surface area contributed by atoms with Crippen molar-refractivity contribution in [2.24, 2.45) is 0 Å². The first kappa shape index (κ1) is 11.0. The van der Waals surface area contributed by atoms with Crippen LogP contribution < -0.4 is 0 Å². The van der Waals surface area contributed by atoms with Gasteiger partial charge in [-0.05, 0) is 40.8 Å².